The largest absolute Gasteiger partial charge is 0.744 e. The van der Waals surface area contributed by atoms with E-state index in [1.807, 2.05) is 59.0 Å². The Morgan fingerprint density at radius 1 is 0.710 bits per heavy atom. The van der Waals surface area contributed by atoms with Gasteiger partial charge in [0, 0.05) is 5.39 Å². The van der Waals surface area contributed by atoms with Crippen LogP contribution in [0, 0.1) is 3.57 Å². The molecule has 31 heavy (non-hydrogen) atoms. The minimum Gasteiger partial charge on any atom is -0.744 e. The van der Waals surface area contributed by atoms with E-state index in [9.17, 15) is 13.0 Å². The molecule has 5 heteroatoms. The lowest BCUT2D eigenvalue weighted by atomic mass is 9.87. The van der Waals surface area contributed by atoms with E-state index in [0.717, 1.165) is 26.9 Å². The normalized spacial score (nSPS) is 12.3. The maximum atomic E-state index is 11.4. The molecule has 0 saturated heterocycles. The van der Waals surface area contributed by atoms with Crippen molar-refractivity contribution in [3.8, 4) is 0 Å². The summed E-state index contributed by atoms with van der Waals surface area (Å²) in [6, 6.07) is 25.3. The van der Waals surface area contributed by atoms with Crippen molar-refractivity contribution in [3.05, 3.63) is 88.0 Å². The van der Waals surface area contributed by atoms with Gasteiger partial charge in [0.2, 0.25) is 0 Å². The first-order valence-corrected chi connectivity index (χ1v) is 12.5. The molecule has 0 amide bonds. The molecular weight excluding hydrogens is 519 g/mol. The number of halogens is 1. The second kappa shape index (κ2) is 8.04. The molecule has 5 rings (SSSR count). The van der Waals surface area contributed by atoms with Gasteiger partial charge in [-0.2, -0.15) is 0 Å². The Bertz CT molecular complexity index is 1470. The van der Waals surface area contributed by atoms with Crippen molar-refractivity contribution in [1.29, 1.82) is 0 Å². The van der Waals surface area contributed by atoms with Gasteiger partial charge in [-0.15, -0.1) is 0 Å². The molecule has 0 aromatic heterocycles. The minimum absolute atomic E-state index is 0.150. The monoisotopic (exact) mass is 542 g/mol. The predicted molar refractivity (Wildman–Crippen MR) is 123 cm³/mol. The Kier molecular flexibility index (Phi) is 5.70. The lowest BCUT2D eigenvalue weighted by molar-refractivity contribution is -0.328. The first kappa shape index (κ1) is 22.0. The highest BCUT2D eigenvalue weighted by Crippen LogP contribution is 2.36. The maximum absolute atomic E-state index is 11.4. The fourth-order valence-corrected chi connectivity index (χ4v) is 4.94. The zero-order chi connectivity index (χ0) is 22.4. The summed E-state index contributed by atoms with van der Waals surface area (Å²) in [5.41, 5.74) is 1.69. The Hall–Kier alpha value is -2.22. The van der Waals surface area contributed by atoms with E-state index in [0.29, 0.717) is 5.39 Å². The Morgan fingerprint density at radius 2 is 1.23 bits per heavy atom. The minimum atomic E-state index is -4.48. The Labute approximate surface area is 196 Å². The average molecular weight is 542 g/mol. The van der Waals surface area contributed by atoms with Crippen LogP contribution in [0.1, 0.15) is 26.3 Å². The Balaban J connectivity index is 0.000000180. The van der Waals surface area contributed by atoms with E-state index >= 15 is 0 Å². The molecule has 0 heterocycles. The van der Waals surface area contributed by atoms with Gasteiger partial charge < -0.3 is 4.55 Å². The van der Waals surface area contributed by atoms with Crippen LogP contribution >= 0.6 is 0 Å². The third-order valence-electron chi connectivity index (χ3n) is 5.48. The molecule has 0 saturated carbocycles. The van der Waals surface area contributed by atoms with E-state index < -0.39 is 10.1 Å². The van der Waals surface area contributed by atoms with Crippen LogP contribution in [0.2, 0.25) is 0 Å². The van der Waals surface area contributed by atoms with Gasteiger partial charge in [-0.25, -0.2) is 8.42 Å². The molecule has 0 aliphatic heterocycles. The van der Waals surface area contributed by atoms with Crippen LogP contribution in [0.15, 0.2) is 83.8 Å². The molecule has 5 aromatic rings. The standard InChI is InChI=1S/C16H10O3S.C10H14I/c17-20(18,19)14-9-7-12-5-4-10-2-1-3-11-6-8-13(14)16(12)15(10)11;1-10(2,3)8-4-6-9(11)7-5-8/h1-9H,(H,17,18,19);4-7,11H,1-3H3/q;+1/p-1. The summed E-state index contributed by atoms with van der Waals surface area (Å²) in [5.74, 6) is 0. The first-order valence-electron chi connectivity index (χ1n) is 9.96. The zero-order valence-corrected chi connectivity index (χ0v) is 20.7. The molecule has 0 bridgehead atoms. The number of hydrogen-bond acceptors (Lipinski definition) is 3. The molecule has 5 aromatic carbocycles. The lowest BCUT2D eigenvalue weighted by Crippen LogP contribution is -3.34. The van der Waals surface area contributed by atoms with Crippen molar-refractivity contribution >= 4 is 42.4 Å². The molecule has 0 aliphatic carbocycles. The summed E-state index contributed by atoms with van der Waals surface area (Å²) in [4.78, 5) is -0.150. The maximum Gasteiger partial charge on any atom is 0.296 e. The van der Waals surface area contributed by atoms with Crippen molar-refractivity contribution in [2.75, 3.05) is 0 Å². The molecule has 0 atom stereocenters. The van der Waals surface area contributed by atoms with E-state index in [4.69, 9.17) is 0 Å². The molecular formula is C26H23IO3S. The smallest absolute Gasteiger partial charge is 0.296 e. The topological polar surface area (TPSA) is 57.2 Å². The Morgan fingerprint density at radius 3 is 1.77 bits per heavy atom. The number of rotatable bonds is 1. The highest BCUT2D eigenvalue weighted by molar-refractivity contribution is 7.86. The summed E-state index contributed by atoms with van der Waals surface area (Å²) in [7, 11) is -4.48. The van der Waals surface area contributed by atoms with Gasteiger partial charge in [0.1, 0.15) is 10.1 Å². The average Bonchev–Trinajstić information content (AvgIpc) is 2.71. The summed E-state index contributed by atoms with van der Waals surface area (Å²) in [6.45, 7) is 6.70. The fourth-order valence-electron chi connectivity index (χ4n) is 3.88. The zero-order valence-electron chi connectivity index (χ0n) is 17.5. The highest BCUT2D eigenvalue weighted by atomic mass is 127. The van der Waals surface area contributed by atoms with Crippen LogP contribution in [0.3, 0.4) is 0 Å². The van der Waals surface area contributed by atoms with E-state index in [1.54, 1.807) is 12.1 Å². The van der Waals surface area contributed by atoms with Gasteiger partial charge in [0.25, 0.3) is 22.6 Å². The molecule has 158 valence electrons. The third kappa shape index (κ3) is 4.40. The van der Waals surface area contributed by atoms with Crippen molar-refractivity contribution in [2.24, 2.45) is 0 Å². The van der Waals surface area contributed by atoms with Crippen molar-refractivity contribution in [1.82, 2.24) is 0 Å². The van der Waals surface area contributed by atoms with Crippen LogP contribution in [-0.4, -0.2) is 13.0 Å². The van der Waals surface area contributed by atoms with Crippen LogP contribution in [-0.2, 0) is 15.5 Å². The summed E-state index contributed by atoms with van der Waals surface area (Å²) in [6.07, 6.45) is 0. The molecule has 0 unspecified atom stereocenters. The van der Waals surface area contributed by atoms with Gasteiger partial charge in [0.05, 0.1) is 4.90 Å². The van der Waals surface area contributed by atoms with Crippen LogP contribution in [0.4, 0.5) is 0 Å². The van der Waals surface area contributed by atoms with Crippen molar-refractivity contribution in [3.63, 3.8) is 0 Å². The van der Waals surface area contributed by atoms with Crippen LogP contribution in [0.25, 0.3) is 32.3 Å². The van der Waals surface area contributed by atoms with Gasteiger partial charge in [-0.1, -0.05) is 81.4 Å². The summed E-state index contributed by atoms with van der Waals surface area (Å²) >= 11 is 2.05. The first-order chi connectivity index (χ1) is 14.6. The van der Waals surface area contributed by atoms with Gasteiger partial charge in [-0.05, 0) is 56.1 Å². The van der Waals surface area contributed by atoms with Gasteiger partial charge >= 0.3 is 0 Å². The second-order valence-electron chi connectivity index (χ2n) is 8.65. The van der Waals surface area contributed by atoms with Crippen molar-refractivity contribution in [2.45, 2.75) is 31.1 Å². The van der Waals surface area contributed by atoms with Crippen LogP contribution < -0.4 is 22.6 Å². The van der Waals surface area contributed by atoms with Crippen LogP contribution in [0.5, 0.6) is 0 Å². The van der Waals surface area contributed by atoms with Crippen molar-refractivity contribution < 1.29 is 35.6 Å². The van der Waals surface area contributed by atoms with E-state index in [2.05, 4.69) is 45.0 Å². The molecule has 0 spiro atoms. The van der Waals surface area contributed by atoms with Gasteiger partial charge in [-0.3, -0.25) is 0 Å². The second-order valence-corrected chi connectivity index (χ2v) is 11.3. The molecule has 0 radical (unpaired) electrons. The van der Waals surface area contributed by atoms with E-state index in [1.165, 1.54) is 15.2 Å². The molecule has 0 fully saturated rings. The molecule has 3 nitrogen and oxygen atoms in total. The van der Waals surface area contributed by atoms with Gasteiger partial charge in [0.15, 0.2) is 3.57 Å². The number of hydrogen-bond donors (Lipinski definition) is 0. The lowest BCUT2D eigenvalue weighted by Gasteiger charge is -2.17. The quantitative estimate of drug-likeness (QED) is 0.186. The number of benzene rings is 5. The SMILES string of the molecule is CC(C)(C)c1ccc([IH+])cc1.O=S(=O)([O-])c1ccc2ccc3cccc4ccc1c2c34. The molecule has 0 N–H and O–H groups in total. The predicted octanol–water partition coefficient (Wildman–Crippen LogP) is 2.93. The summed E-state index contributed by atoms with van der Waals surface area (Å²) < 4.78 is 35.6. The fraction of sp³-hybridized carbons (Fsp3) is 0.154. The summed E-state index contributed by atoms with van der Waals surface area (Å²) in [5, 5.41) is 5.38. The third-order valence-corrected chi connectivity index (χ3v) is 7.15. The van der Waals surface area contributed by atoms with E-state index in [-0.39, 0.29) is 10.3 Å². The highest BCUT2D eigenvalue weighted by Gasteiger charge is 2.14. The molecule has 0 aliphatic rings.